The van der Waals surface area contributed by atoms with Crippen LogP contribution in [0, 0.1) is 0 Å². The van der Waals surface area contributed by atoms with E-state index >= 15 is 0 Å². The Morgan fingerprint density at radius 1 is 0.370 bits per heavy atom. The maximum Gasteiger partial charge on any atom is 0.322 e. The molecule has 1 aliphatic rings. The fourth-order valence-corrected chi connectivity index (χ4v) is 28.3. The molecule has 1 aliphatic heterocycles. The van der Waals surface area contributed by atoms with Gasteiger partial charge in [0, 0.05) is 0 Å². The highest BCUT2D eigenvalue weighted by Gasteiger charge is 2.45. The van der Waals surface area contributed by atoms with Crippen LogP contribution in [0.25, 0.3) is 0 Å². The zero-order chi connectivity index (χ0) is 21.4. The van der Waals surface area contributed by atoms with Crippen molar-refractivity contribution < 1.29 is 25.6 Å². The summed E-state index contributed by atoms with van der Waals surface area (Å²) in [5.41, 5.74) is 0. The average Bonchev–Trinajstić information content (AvgIpc) is 2.37. The second-order valence-electron chi connectivity index (χ2n) is 10.7. The van der Waals surface area contributed by atoms with Crippen LogP contribution in [0.5, 0.6) is 0 Å². The number of hydrogen-bond donors (Lipinski definition) is 0. The van der Waals surface area contributed by atoms with Crippen molar-refractivity contribution in [2.75, 3.05) is 18.7 Å². The van der Waals surface area contributed by atoms with E-state index in [1.807, 2.05) is 0 Å². The largest absolute Gasteiger partial charge is 0.435 e. The third kappa shape index (κ3) is 10.6. The molecule has 0 amide bonds. The van der Waals surface area contributed by atoms with Crippen molar-refractivity contribution in [2.24, 2.45) is 0 Å². The highest BCUT2D eigenvalue weighted by molar-refractivity contribution is 6.89. The van der Waals surface area contributed by atoms with E-state index in [1.165, 1.54) is 0 Å². The molecule has 0 bridgehead atoms. The van der Waals surface area contributed by atoms with E-state index in [0.717, 1.165) is 0 Å². The molecule has 1 fully saturated rings. The van der Waals surface area contributed by atoms with Crippen molar-refractivity contribution in [3.05, 3.63) is 0 Å². The molecule has 0 aromatic carbocycles. The first-order valence-corrected chi connectivity index (χ1v) is 27.6. The van der Waals surface area contributed by atoms with Gasteiger partial charge in [-0.15, -0.1) is 0 Å². The summed E-state index contributed by atoms with van der Waals surface area (Å²) in [6.07, 6.45) is 2.01. The Kier molecular flexibility index (Phi) is 8.37. The van der Waals surface area contributed by atoms with E-state index in [-0.39, 0.29) is 0 Å². The molecule has 0 aromatic rings. The molecule has 0 aromatic heterocycles. The molecule has 0 aliphatic carbocycles. The fourth-order valence-electron chi connectivity index (χ4n) is 3.12. The molecular formula is C15H42O6Si6. The first-order valence-electron chi connectivity index (χ1n) is 9.76. The van der Waals surface area contributed by atoms with E-state index in [9.17, 15) is 0 Å². The Hall–Kier alpha value is 1.06. The van der Waals surface area contributed by atoms with Crippen LogP contribution in [0.3, 0.4) is 0 Å². The van der Waals surface area contributed by atoms with Crippen LogP contribution in [0.1, 0.15) is 0 Å². The molecule has 12 heteroatoms. The normalized spacial score (nSPS) is 30.7. The van der Waals surface area contributed by atoms with Gasteiger partial charge in [0.2, 0.25) is 16.6 Å². The highest BCUT2D eigenvalue weighted by Crippen LogP contribution is 2.26. The molecular weight excluding hydrogens is 445 g/mol. The maximum absolute atomic E-state index is 6.59. The second kappa shape index (κ2) is 8.66. The van der Waals surface area contributed by atoms with Crippen LogP contribution in [-0.4, -0.2) is 69.3 Å². The molecule has 162 valence electrons. The molecule has 0 saturated carbocycles. The van der Waals surface area contributed by atoms with Crippen LogP contribution < -0.4 is 0 Å². The van der Waals surface area contributed by atoms with Gasteiger partial charge in [0.25, 0.3) is 0 Å². The quantitative estimate of drug-likeness (QED) is 0.472. The summed E-state index contributed by atoms with van der Waals surface area (Å²) < 4.78 is 38.7. The second-order valence-corrected chi connectivity index (χ2v) is 33.8. The lowest BCUT2D eigenvalue weighted by atomic mass is 11.7. The van der Waals surface area contributed by atoms with Gasteiger partial charge in [0.05, 0.1) is 18.7 Å². The highest BCUT2D eigenvalue weighted by atomic mass is 28.5. The lowest BCUT2D eigenvalue weighted by Crippen LogP contribution is -2.58. The van der Waals surface area contributed by atoms with Gasteiger partial charge >= 0.3 is 25.7 Å². The van der Waals surface area contributed by atoms with Crippen LogP contribution >= 0.6 is 0 Å². The molecule has 0 spiro atoms. The monoisotopic (exact) mass is 486 g/mol. The molecule has 0 atom stereocenters. The van der Waals surface area contributed by atoms with Crippen LogP contribution in [0.15, 0.2) is 0 Å². The van der Waals surface area contributed by atoms with E-state index in [1.54, 1.807) is 0 Å². The lowest BCUT2D eigenvalue weighted by Gasteiger charge is -2.41. The molecule has 0 unspecified atom stereocenters. The Morgan fingerprint density at radius 2 is 0.704 bits per heavy atom. The molecule has 27 heavy (non-hydrogen) atoms. The van der Waals surface area contributed by atoms with E-state index in [0.29, 0.717) is 18.7 Å². The third-order valence-electron chi connectivity index (χ3n) is 3.89. The first-order chi connectivity index (χ1) is 11.7. The molecule has 0 radical (unpaired) electrons. The van der Waals surface area contributed by atoms with Crippen molar-refractivity contribution in [1.82, 2.24) is 0 Å². The number of hydrogen-bond acceptors (Lipinski definition) is 6. The predicted octanol–water partition coefficient (Wildman–Crippen LogP) is 4.44. The summed E-state index contributed by atoms with van der Waals surface area (Å²) >= 11 is 0. The van der Waals surface area contributed by atoms with Gasteiger partial charge in [0.15, 0.2) is 8.32 Å². The van der Waals surface area contributed by atoms with Crippen molar-refractivity contribution in [3.63, 3.8) is 0 Å². The molecule has 1 saturated heterocycles. The van der Waals surface area contributed by atoms with E-state index in [2.05, 4.69) is 78.6 Å². The topological polar surface area (TPSA) is 55.4 Å². The fraction of sp³-hybridized carbons (Fsp3) is 1.00. The minimum Gasteiger partial charge on any atom is -0.435 e. The summed E-state index contributed by atoms with van der Waals surface area (Å²) in [6, 6.07) is 0. The maximum atomic E-state index is 6.59. The molecule has 1 rings (SSSR count). The van der Waals surface area contributed by atoms with Gasteiger partial charge < -0.3 is 25.6 Å². The van der Waals surface area contributed by atoms with Crippen molar-refractivity contribution in [2.45, 2.75) is 78.6 Å². The van der Waals surface area contributed by atoms with Gasteiger partial charge in [-0.05, 0) is 78.6 Å². The SMILES string of the molecule is C[Si]1(C)CO[Si](C)(C)CO[Si](C)(C)O[Si](C)(C)O[Si](C)(C)O[Si](C)(C)CO1. The minimum absolute atomic E-state index is 0.638. The average molecular weight is 487 g/mol. The molecule has 1 heterocycles. The van der Waals surface area contributed by atoms with Gasteiger partial charge in [-0.25, -0.2) is 0 Å². The Labute approximate surface area is 173 Å². The standard InChI is InChI=1S/C15H42O6Si6/c1-22(2)13-16-23(3,4)15-18-25(7,8)20-27(11,12)21-26(9,10)19-24(5,6)14-17-22/h13-15H2,1-12H3. The van der Waals surface area contributed by atoms with Gasteiger partial charge in [-0.1, -0.05) is 0 Å². The summed E-state index contributed by atoms with van der Waals surface area (Å²) in [5.74, 6) is 0. The van der Waals surface area contributed by atoms with Gasteiger partial charge in [-0.2, -0.15) is 0 Å². The summed E-state index contributed by atoms with van der Waals surface area (Å²) in [6.45, 7) is 25.9. The summed E-state index contributed by atoms with van der Waals surface area (Å²) in [7, 11) is -12.9. The van der Waals surface area contributed by atoms with Crippen LogP contribution in [0.4, 0.5) is 0 Å². The first kappa shape index (κ1) is 26.1. The Balaban J connectivity index is 3.11. The lowest BCUT2D eigenvalue weighted by molar-refractivity contribution is 0.234. The van der Waals surface area contributed by atoms with Crippen molar-refractivity contribution in [3.8, 4) is 0 Å². The zero-order valence-corrected chi connectivity index (χ0v) is 25.6. The van der Waals surface area contributed by atoms with E-state index in [4.69, 9.17) is 25.6 Å². The van der Waals surface area contributed by atoms with Gasteiger partial charge in [-0.3, -0.25) is 0 Å². The summed E-state index contributed by atoms with van der Waals surface area (Å²) in [5, 5.41) is 0. The van der Waals surface area contributed by atoms with Crippen molar-refractivity contribution in [1.29, 1.82) is 0 Å². The Bertz CT molecular complexity index is 465. The summed E-state index contributed by atoms with van der Waals surface area (Å²) in [4.78, 5) is 0. The molecule has 6 nitrogen and oxygen atoms in total. The molecule has 0 N–H and O–H groups in total. The third-order valence-corrected chi connectivity index (χ3v) is 22.0. The minimum atomic E-state index is -2.38. The van der Waals surface area contributed by atoms with E-state index < -0.39 is 50.6 Å². The zero-order valence-electron chi connectivity index (χ0n) is 19.6. The van der Waals surface area contributed by atoms with Crippen LogP contribution in [0.2, 0.25) is 78.6 Å². The predicted molar refractivity (Wildman–Crippen MR) is 126 cm³/mol. The van der Waals surface area contributed by atoms with Crippen LogP contribution in [-0.2, 0) is 25.6 Å². The van der Waals surface area contributed by atoms with Gasteiger partial charge in [0.1, 0.15) is 0 Å². The smallest absolute Gasteiger partial charge is 0.322 e. The number of rotatable bonds is 0. The van der Waals surface area contributed by atoms with Crippen molar-refractivity contribution >= 4 is 50.6 Å². The Morgan fingerprint density at radius 3 is 1.19 bits per heavy atom.